The maximum atomic E-state index is 5.41. The summed E-state index contributed by atoms with van der Waals surface area (Å²) in [6.45, 7) is 7.62. The molecule has 0 fully saturated rings. The first-order valence-corrected chi connectivity index (χ1v) is 6.66. The van der Waals surface area contributed by atoms with Crippen LogP contribution in [0.3, 0.4) is 0 Å². The van der Waals surface area contributed by atoms with Crippen LogP contribution in [0.4, 0.5) is 0 Å². The van der Waals surface area contributed by atoms with Crippen molar-refractivity contribution >= 4 is 0 Å². The lowest BCUT2D eigenvalue weighted by Crippen LogP contribution is -2.30. The van der Waals surface area contributed by atoms with Gasteiger partial charge in [0.15, 0.2) is 0 Å². The first-order chi connectivity index (χ1) is 8.63. The van der Waals surface area contributed by atoms with Gasteiger partial charge in [0.05, 0.1) is 6.61 Å². The fourth-order valence-corrected chi connectivity index (χ4v) is 1.86. The number of hydrogen-bond donors (Lipinski definition) is 1. The zero-order valence-corrected chi connectivity index (χ0v) is 12.1. The van der Waals surface area contributed by atoms with Gasteiger partial charge in [0.1, 0.15) is 0 Å². The Balaban J connectivity index is 2.50. The van der Waals surface area contributed by atoms with Crippen molar-refractivity contribution in [2.75, 3.05) is 27.3 Å². The van der Waals surface area contributed by atoms with Crippen molar-refractivity contribution in [3.05, 3.63) is 35.4 Å². The van der Waals surface area contributed by atoms with Crippen LogP contribution in [-0.4, -0.2) is 38.3 Å². The highest BCUT2D eigenvalue weighted by molar-refractivity contribution is 5.26. The summed E-state index contributed by atoms with van der Waals surface area (Å²) in [5.41, 5.74) is 2.76. The molecule has 18 heavy (non-hydrogen) atoms. The van der Waals surface area contributed by atoms with E-state index in [0.29, 0.717) is 6.04 Å². The molecule has 0 heterocycles. The first kappa shape index (κ1) is 15.2. The molecule has 0 saturated carbocycles. The normalized spacial score (nSPS) is 12.9. The maximum Gasteiger partial charge on any atom is 0.0616 e. The van der Waals surface area contributed by atoms with Crippen LogP contribution in [0.5, 0.6) is 0 Å². The molecule has 0 radical (unpaired) electrons. The molecule has 1 aromatic carbocycles. The van der Waals surface area contributed by atoms with E-state index in [1.807, 2.05) is 6.92 Å². The maximum absolute atomic E-state index is 5.41. The fraction of sp³-hybridized carbons (Fsp3) is 0.600. The lowest BCUT2D eigenvalue weighted by molar-refractivity contribution is 0.127. The standard InChI is InChI=1S/C15H26N2O/c1-5-18-12-13(2)16-10-14-8-6-7-9-15(14)11-17(3)4/h6-9,13,16H,5,10-12H2,1-4H3. The molecule has 0 aliphatic heterocycles. The number of rotatable bonds is 8. The Hall–Kier alpha value is -0.900. The zero-order valence-electron chi connectivity index (χ0n) is 12.1. The van der Waals surface area contributed by atoms with Gasteiger partial charge in [-0.15, -0.1) is 0 Å². The van der Waals surface area contributed by atoms with Gasteiger partial charge < -0.3 is 15.0 Å². The minimum atomic E-state index is 0.386. The minimum absolute atomic E-state index is 0.386. The third-order valence-corrected chi connectivity index (χ3v) is 2.82. The van der Waals surface area contributed by atoms with E-state index in [0.717, 1.165) is 26.3 Å². The SMILES string of the molecule is CCOCC(C)NCc1ccccc1CN(C)C. The summed E-state index contributed by atoms with van der Waals surface area (Å²) in [6.07, 6.45) is 0. The van der Waals surface area contributed by atoms with E-state index in [-0.39, 0.29) is 0 Å². The van der Waals surface area contributed by atoms with Gasteiger partial charge in [0.2, 0.25) is 0 Å². The Morgan fingerprint density at radius 2 is 1.89 bits per heavy atom. The number of benzene rings is 1. The Labute approximate surface area is 111 Å². The third kappa shape index (κ3) is 5.63. The quantitative estimate of drug-likeness (QED) is 0.766. The molecule has 1 rings (SSSR count). The van der Waals surface area contributed by atoms with Gasteiger partial charge in [0.25, 0.3) is 0 Å². The number of nitrogens with one attached hydrogen (secondary N) is 1. The number of hydrogen-bond acceptors (Lipinski definition) is 3. The molecule has 3 heteroatoms. The molecule has 0 amide bonds. The summed E-state index contributed by atoms with van der Waals surface area (Å²) in [5, 5.41) is 3.50. The summed E-state index contributed by atoms with van der Waals surface area (Å²) in [7, 11) is 4.20. The average molecular weight is 250 g/mol. The van der Waals surface area contributed by atoms with E-state index in [1.54, 1.807) is 0 Å². The Bertz CT molecular complexity index is 339. The van der Waals surface area contributed by atoms with Crippen LogP contribution >= 0.6 is 0 Å². The molecule has 3 nitrogen and oxygen atoms in total. The summed E-state index contributed by atoms with van der Waals surface area (Å²) >= 11 is 0. The topological polar surface area (TPSA) is 24.5 Å². The van der Waals surface area contributed by atoms with E-state index in [1.165, 1.54) is 11.1 Å². The van der Waals surface area contributed by atoms with Crippen molar-refractivity contribution in [2.24, 2.45) is 0 Å². The van der Waals surface area contributed by atoms with Gasteiger partial charge >= 0.3 is 0 Å². The molecule has 1 aromatic rings. The molecular weight excluding hydrogens is 224 g/mol. The van der Waals surface area contributed by atoms with E-state index in [9.17, 15) is 0 Å². The van der Waals surface area contributed by atoms with Crippen LogP contribution in [0, 0.1) is 0 Å². The summed E-state index contributed by atoms with van der Waals surface area (Å²) in [5.74, 6) is 0. The van der Waals surface area contributed by atoms with Crippen molar-refractivity contribution in [3.8, 4) is 0 Å². The predicted molar refractivity (Wildman–Crippen MR) is 76.6 cm³/mol. The second kappa shape index (κ2) is 8.25. The molecule has 0 aliphatic rings. The van der Waals surface area contributed by atoms with Crippen LogP contribution in [0.1, 0.15) is 25.0 Å². The minimum Gasteiger partial charge on any atom is -0.380 e. The Morgan fingerprint density at radius 3 is 2.50 bits per heavy atom. The van der Waals surface area contributed by atoms with E-state index < -0.39 is 0 Å². The second-order valence-electron chi connectivity index (χ2n) is 4.95. The average Bonchev–Trinajstić information content (AvgIpc) is 2.34. The van der Waals surface area contributed by atoms with Gasteiger partial charge in [0, 0.05) is 25.7 Å². The molecule has 0 spiro atoms. The van der Waals surface area contributed by atoms with E-state index >= 15 is 0 Å². The molecule has 1 N–H and O–H groups in total. The second-order valence-corrected chi connectivity index (χ2v) is 4.95. The van der Waals surface area contributed by atoms with Crippen molar-refractivity contribution in [3.63, 3.8) is 0 Å². The van der Waals surface area contributed by atoms with Crippen LogP contribution in [0.2, 0.25) is 0 Å². The van der Waals surface area contributed by atoms with Gasteiger partial charge in [-0.2, -0.15) is 0 Å². The summed E-state index contributed by atoms with van der Waals surface area (Å²) in [4.78, 5) is 2.20. The van der Waals surface area contributed by atoms with Crippen LogP contribution in [-0.2, 0) is 17.8 Å². The molecule has 102 valence electrons. The lowest BCUT2D eigenvalue weighted by Gasteiger charge is -2.17. The van der Waals surface area contributed by atoms with Crippen LogP contribution in [0.25, 0.3) is 0 Å². The first-order valence-electron chi connectivity index (χ1n) is 6.66. The summed E-state index contributed by atoms with van der Waals surface area (Å²) < 4.78 is 5.41. The molecule has 1 unspecified atom stereocenters. The lowest BCUT2D eigenvalue weighted by atomic mass is 10.1. The highest BCUT2D eigenvalue weighted by atomic mass is 16.5. The van der Waals surface area contributed by atoms with Crippen LogP contribution in [0.15, 0.2) is 24.3 Å². The Kier molecular flexibility index (Phi) is 6.94. The van der Waals surface area contributed by atoms with Gasteiger partial charge in [-0.1, -0.05) is 24.3 Å². The monoisotopic (exact) mass is 250 g/mol. The zero-order chi connectivity index (χ0) is 13.4. The molecule has 0 aliphatic carbocycles. The molecule has 0 bridgehead atoms. The molecule has 1 atom stereocenters. The van der Waals surface area contributed by atoms with E-state index in [4.69, 9.17) is 4.74 Å². The van der Waals surface area contributed by atoms with Crippen molar-refractivity contribution in [1.29, 1.82) is 0 Å². The number of ether oxygens (including phenoxy) is 1. The highest BCUT2D eigenvalue weighted by Crippen LogP contribution is 2.10. The largest absolute Gasteiger partial charge is 0.380 e. The van der Waals surface area contributed by atoms with Crippen molar-refractivity contribution < 1.29 is 4.74 Å². The molecule has 0 aromatic heterocycles. The highest BCUT2D eigenvalue weighted by Gasteiger charge is 2.05. The van der Waals surface area contributed by atoms with Crippen molar-refractivity contribution in [1.82, 2.24) is 10.2 Å². The van der Waals surface area contributed by atoms with Gasteiger partial charge in [-0.25, -0.2) is 0 Å². The predicted octanol–water partition coefficient (Wildman–Crippen LogP) is 2.26. The smallest absolute Gasteiger partial charge is 0.0616 e. The van der Waals surface area contributed by atoms with Crippen LogP contribution < -0.4 is 5.32 Å². The molecular formula is C15H26N2O. The number of nitrogens with zero attached hydrogens (tertiary/aromatic N) is 1. The van der Waals surface area contributed by atoms with Crippen molar-refractivity contribution in [2.45, 2.75) is 33.0 Å². The van der Waals surface area contributed by atoms with E-state index in [2.05, 4.69) is 55.5 Å². The Morgan fingerprint density at radius 1 is 1.22 bits per heavy atom. The summed E-state index contributed by atoms with van der Waals surface area (Å²) in [6, 6.07) is 8.98. The third-order valence-electron chi connectivity index (χ3n) is 2.82. The van der Waals surface area contributed by atoms with Gasteiger partial charge in [-0.05, 0) is 39.1 Å². The van der Waals surface area contributed by atoms with Gasteiger partial charge in [-0.3, -0.25) is 0 Å². The fourth-order valence-electron chi connectivity index (χ4n) is 1.86. The molecule has 0 saturated heterocycles.